The number of amides is 5. The molecule has 0 bridgehead atoms. The van der Waals surface area contributed by atoms with Crippen LogP contribution < -0.4 is 66.3 Å². The molecule has 6 N–H and O–H groups in total. The Morgan fingerprint density at radius 2 is 1.23 bits per heavy atom. The number of anilines is 3. The zero-order chi connectivity index (χ0) is 67.6. The number of hydrogen-bond donors (Lipinski definition) is 6. The van der Waals surface area contributed by atoms with E-state index in [4.69, 9.17) is 14.2 Å². The first-order chi connectivity index (χ1) is 46.2. The molecule has 12 rings (SSSR count). The lowest BCUT2D eigenvalue weighted by Gasteiger charge is -2.38. The Kier molecular flexibility index (Phi) is 18.6. The molecule has 1 saturated carbocycles. The van der Waals surface area contributed by atoms with Crippen molar-refractivity contribution in [3.05, 3.63) is 200 Å². The Labute approximate surface area is 556 Å². The molecule has 496 valence electrons. The van der Waals surface area contributed by atoms with E-state index in [0.717, 1.165) is 56.2 Å². The predicted octanol–water partition coefficient (Wildman–Crippen LogP) is 7.13. The van der Waals surface area contributed by atoms with Gasteiger partial charge in [0, 0.05) is 153 Å². The fourth-order valence-electron chi connectivity index (χ4n) is 13.6. The Morgan fingerprint density at radius 3 is 1.90 bits per heavy atom. The van der Waals surface area contributed by atoms with Gasteiger partial charge in [0.2, 0.25) is 11.8 Å². The van der Waals surface area contributed by atoms with E-state index in [1.807, 2.05) is 86.5 Å². The van der Waals surface area contributed by atoms with Gasteiger partial charge in [-0.05, 0) is 134 Å². The number of carboxylic acids is 1. The number of carboxylic acid groups (broad SMARTS) is 1. The van der Waals surface area contributed by atoms with Gasteiger partial charge in [0.15, 0.2) is 5.60 Å². The van der Waals surface area contributed by atoms with Crippen LogP contribution in [-0.2, 0) is 19.9 Å². The number of nitrogens with zero attached hydrogens (tertiary/aromatic N) is 4. The Bertz CT molecular complexity index is 4310. The van der Waals surface area contributed by atoms with E-state index < -0.39 is 58.7 Å². The van der Waals surface area contributed by atoms with Crippen LogP contribution in [0.15, 0.2) is 133 Å². The maximum Gasteiger partial charge on any atom is 0.340 e. The summed E-state index contributed by atoms with van der Waals surface area (Å²) >= 11 is 0. The molecule has 1 spiro atoms. The zero-order valence-corrected chi connectivity index (χ0v) is 54.5. The minimum absolute atomic E-state index is 0.0363. The van der Waals surface area contributed by atoms with Gasteiger partial charge < -0.3 is 70.6 Å². The van der Waals surface area contributed by atoms with E-state index in [2.05, 4.69) is 49.9 Å². The highest BCUT2D eigenvalue weighted by molar-refractivity contribution is 6.04. The van der Waals surface area contributed by atoms with Gasteiger partial charge >= 0.3 is 11.9 Å². The van der Waals surface area contributed by atoms with Crippen LogP contribution >= 0.6 is 0 Å². The molecule has 5 aliphatic rings. The number of hydrogen-bond acceptors (Lipinski definition) is 15. The number of ether oxygens (including phenoxy) is 3. The number of piperazine rings is 1. The number of aromatic carboxylic acids is 1. The monoisotopic (exact) mass is 1300 g/mol. The summed E-state index contributed by atoms with van der Waals surface area (Å²) in [5.41, 5.74) is 3.97. The summed E-state index contributed by atoms with van der Waals surface area (Å²) in [6.45, 7) is 10.8. The molecule has 4 heterocycles. The van der Waals surface area contributed by atoms with Crippen LogP contribution in [0.5, 0.6) is 28.7 Å². The number of rotatable bonds is 21. The molecule has 7 aromatic rings. The lowest BCUT2D eigenvalue weighted by Crippen LogP contribution is -2.62. The highest BCUT2D eigenvalue weighted by Crippen LogP contribution is 2.57. The van der Waals surface area contributed by atoms with Crippen molar-refractivity contribution in [1.29, 1.82) is 0 Å². The lowest BCUT2D eigenvalue weighted by atomic mass is 9.77. The van der Waals surface area contributed by atoms with Crippen molar-refractivity contribution in [3.63, 3.8) is 0 Å². The van der Waals surface area contributed by atoms with Crippen LogP contribution in [0.2, 0.25) is 0 Å². The summed E-state index contributed by atoms with van der Waals surface area (Å²) in [6, 6.07) is 36.6. The van der Waals surface area contributed by atoms with Crippen molar-refractivity contribution in [1.82, 2.24) is 31.5 Å². The summed E-state index contributed by atoms with van der Waals surface area (Å²) < 4.78 is 19.1. The third-order valence-electron chi connectivity index (χ3n) is 19.0. The quantitative estimate of drug-likeness (QED) is 0.0309. The molecule has 21 heteroatoms. The molecule has 21 nitrogen and oxygen atoms in total. The normalized spacial score (nSPS) is 15.7. The second kappa shape index (κ2) is 27.3. The number of likely N-dealkylation sites (N-methyl/N-ethyl adjacent to an activating group) is 1. The lowest BCUT2D eigenvalue weighted by molar-refractivity contribution is -0.268. The van der Waals surface area contributed by atoms with Crippen LogP contribution in [0.3, 0.4) is 0 Å². The Morgan fingerprint density at radius 1 is 0.615 bits per heavy atom. The van der Waals surface area contributed by atoms with E-state index in [-0.39, 0.29) is 65.4 Å². The molecule has 0 unspecified atom stereocenters. The highest BCUT2D eigenvalue weighted by atomic mass is 16.6. The number of carbonyl (C=O) groups excluding carboxylic acids is 6. The fraction of sp³-hybridized carbons (Fsp3) is 0.320. The zero-order valence-electron chi connectivity index (χ0n) is 54.5. The van der Waals surface area contributed by atoms with Crippen molar-refractivity contribution in [2.75, 3.05) is 95.2 Å². The number of fused-ring (bicyclic) bond motifs is 8. The van der Waals surface area contributed by atoms with Crippen LogP contribution in [-0.4, -0.2) is 144 Å². The van der Waals surface area contributed by atoms with E-state index in [1.54, 1.807) is 54.6 Å². The van der Waals surface area contributed by atoms with Gasteiger partial charge in [-0.1, -0.05) is 69.2 Å². The predicted molar refractivity (Wildman–Crippen MR) is 363 cm³/mol. The van der Waals surface area contributed by atoms with Gasteiger partial charge in [0.05, 0.1) is 11.1 Å². The van der Waals surface area contributed by atoms with Crippen molar-refractivity contribution in [2.45, 2.75) is 75.5 Å². The van der Waals surface area contributed by atoms with Crippen LogP contribution in [0.4, 0.5) is 17.1 Å². The number of unbranched alkanes of at least 4 members (excludes halogenated alkanes) is 1. The molecule has 5 amide bonds. The molecular formula is C75H78N9O12-. The van der Waals surface area contributed by atoms with Gasteiger partial charge in [-0.3, -0.25) is 24.0 Å². The highest BCUT2D eigenvalue weighted by Gasteiger charge is 2.54. The summed E-state index contributed by atoms with van der Waals surface area (Å²) in [4.78, 5) is 107. The molecule has 1 saturated heterocycles. The van der Waals surface area contributed by atoms with E-state index >= 15 is 0 Å². The van der Waals surface area contributed by atoms with Crippen molar-refractivity contribution in [2.24, 2.45) is 0 Å². The molecule has 1 atom stereocenters. The van der Waals surface area contributed by atoms with E-state index in [1.165, 1.54) is 30.3 Å². The Balaban J connectivity index is 0.731. The van der Waals surface area contributed by atoms with Crippen LogP contribution in [0, 0.1) is 0 Å². The number of nitrogens with one attached hydrogen (secondary N) is 5. The van der Waals surface area contributed by atoms with Gasteiger partial charge in [-0.15, -0.1) is 5.75 Å². The fourth-order valence-corrected chi connectivity index (χ4v) is 13.6. The van der Waals surface area contributed by atoms with Crippen molar-refractivity contribution >= 4 is 70.7 Å². The van der Waals surface area contributed by atoms with E-state index in [9.17, 15) is 43.8 Å². The van der Waals surface area contributed by atoms with Crippen molar-refractivity contribution < 1.29 is 58.0 Å². The summed E-state index contributed by atoms with van der Waals surface area (Å²) in [6.07, 6.45) is 3.74. The molecule has 4 aliphatic heterocycles. The largest absolute Gasteiger partial charge is 0.872 e. The SMILES string of the molecule is C=c1ccc2c(c1)Oc1cc([O-])ccc1C=2c1ccc(C(=O)NCCNC(=O)[C@H](CCCCNC(=O)c2ccc3c(c2)C(=O)OC32c3ccc(N(C)C)cc3Oc3cc(N(C)C)ccc32)NC(=O)C2(NC(=O)c3ccc(N4CCN(CC)CC4)cc3)CCCCC2)cc1C(=O)O. The third kappa shape index (κ3) is 13.0. The Hall–Kier alpha value is -10.7. The number of carbonyl (C=O) groups is 7. The second-order valence-electron chi connectivity index (χ2n) is 25.5. The molecule has 1 aliphatic carbocycles. The molecule has 2 fully saturated rings. The first-order valence-corrected chi connectivity index (χ1v) is 32.7. The summed E-state index contributed by atoms with van der Waals surface area (Å²) in [7, 11) is 7.72. The third-order valence-corrected chi connectivity index (χ3v) is 19.0. The van der Waals surface area contributed by atoms with Gasteiger partial charge in [0.25, 0.3) is 17.7 Å². The maximum atomic E-state index is 14.8. The molecule has 0 radical (unpaired) electrons. The summed E-state index contributed by atoms with van der Waals surface area (Å²) in [5.74, 6) is -3.00. The van der Waals surface area contributed by atoms with Crippen LogP contribution in [0.25, 0.3) is 12.2 Å². The maximum absolute atomic E-state index is 14.8. The molecule has 0 aromatic heterocycles. The van der Waals surface area contributed by atoms with Gasteiger partial charge in [-0.2, -0.15) is 0 Å². The smallest absolute Gasteiger partial charge is 0.340 e. The topological polar surface area (TPSA) is 264 Å². The summed E-state index contributed by atoms with van der Waals surface area (Å²) in [5, 5.41) is 38.9. The minimum Gasteiger partial charge on any atom is -0.872 e. The van der Waals surface area contributed by atoms with Crippen molar-refractivity contribution in [3.8, 4) is 28.7 Å². The second-order valence-corrected chi connectivity index (χ2v) is 25.5. The standard InChI is InChI=1S/C75H79N9O12/c1-7-83-35-37-84(38-36-83)49-19-15-46(16-20-49)69(88)80-74(30-10-8-11-31-74)73(93)79-61(70(89)78-34-33-77-68(87)47-17-25-53(56(40-47)71(90)91)66-54-24-14-45(2)39-62(54)94-63-44-52(85)23-26-55(63)66)13-9-12-32-76-67(86)48-18-27-58-57(41-48)72(92)96-75(58)59-28-21-50(81(3)4)42-64(59)95-65-43-51(82(5)6)22-29-60(65)75/h14-29,39-44,61,85H,2,7-13,30-38H2,1,3-6H3,(H,76,86)(H,77,87)(H,78,89)(H,79,93)(H,80,88)(H,90,91)/p-1/t61-/m0/s1. The van der Waals surface area contributed by atoms with E-state index in [0.29, 0.717) is 99.6 Å². The number of esters is 1. The molecule has 96 heavy (non-hydrogen) atoms. The minimum atomic E-state index is -1.36. The number of benzene rings is 7. The first kappa shape index (κ1) is 65.4. The molecule has 7 aromatic carbocycles. The average molecular weight is 1300 g/mol. The average Bonchev–Trinajstić information content (AvgIpc) is 1.45. The van der Waals surface area contributed by atoms with Crippen LogP contribution in [0.1, 0.15) is 138 Å². The van der Waals surface area contributed by atoms with Gasteiger partial charge in [-0.25, -0.2) is 9.59 Å². The first-order valence-electron chi connectivity index (χ1n) is 32.7. The van der Waals surface area contributed by atoms with Gasteiger partial charge in [0.1, 0.15) is 34.6 Å². The molecular weight excluding hydrogens is 1220 g/mol.